The van der Waals surface area contributed by atoms with Crippen LogP contribution in [0, 0.1) is 6.92 Å². The Morgan fingerprint density at radius 1 is 0.952 bits per heavy atom. The summed E-state index contributed by atoms with van der Waals surface area (Å²) in [6, 6.07) is 21.9. The fourth-order valence-electron chi connectivity index (χ4n) is 5.35. The summed E-state index contributed by atoms with van der Waals surface area (Å²) < 4.78 is 7.37. The van der Waals surface area contributed by atoms with Gasteiger partial charge in [-0.1, -0.05) is 60.4 Å². The minimum absolute atomic E-state index is 0.176. The smallest absolute Gasteiger partial charge is 0.267 e. The Morgan fingerprint density at radius 2 is 1.67 bits per heavy atom. The standard InChI is InChI=1S/C32H31N5O3S2/c1-22-7-6-15-36-28(22)33-29(35-19-17-34(18-20-35)24-10-12-25(40-2)13-11-24)26(30(36)38)21-27-31(39)37(32(41)42-27)16-14-23-8-4-3-5-9-23/h3-13,15,21H,14,16-20H2,1-2H3. The molecule has 2 saturated heterocycles. The number of piperazine rings is 1. The molecule has 0 spiro atoms. The van der Waals surface area contributed by atoms with E-state index in [0.29, 0.717) is 52.3 Å². The summed E-state index contributed by atoms with van der Waals surface area (Å²) in [4.78, 5) is 38.9. The van der Waals surface area contributed by atoms with Crippen molar-refractivity contribution in [1.29, 1.82) is 0 Å². The summed E-state index contributed by atoms with van der Waals surface area (Å²) in [5.74, 6) is 1.24. The highest BCUT2D eigenvalue weighted by Gasteiger charge is 2.33. The lowest BCUT2D eigenvalue weighted by Crippen LogP contribution is -2.47. The molecule has 2 aliphatic rings. The molecule has 2 aromatic heterocycles. The molecule has 2 fully saturated rings. The highest BCUT2D eigenvalue weighted by molar-refractivity contribution is 8.26. The van der Waals surface area contributed by atoms with Gasteiger partial charge in [-0.15, -0.1) is 0 Å². The van der Waals surface area contributed by atoms with E-state index in [9.17, 15) is 9.59 Å². The molecule has 1 amide bonds. The van der Waals surface area contributed by atoms with E-state index < -0.39 is 0 Å². The van der Waals surface area contributed by atoms with Gasteiger partial charge in [0.2, 0.25) is 0 Å². The highest BCUT2D eigenvalue weighted by atomic mass is 32.2. The number of carbonyl (C=O) groups excluding carboxylic acids is 1. The number of pyridine rings is 1. The molecule has 2 aliphatic heterocycles. The number of aromatic nitrogens is 2. The van der Waals surface area contributed by atoms with Crippen molar-refractivity contribution in [3.8, 4) is 5.75 Å². The predicted molar refractivity (Wildman–Crippen MR) is 174 cm³/mol. The number of ether oxygens (including phenoxy) is 1. The molecule has 214 valence electrons. The second kappa shape index (κ2) is 12.0. The number of carbonyl (C=O) groups is 1. The average molecular weight is 598 g/mol. The zero-order valence-electron chi connectivity index (χ0n) is 23.5. The number of hydrogen-bond acceptors (Lipinski definition) is 8. The van der Waals surface area contributed by atoms with Crippen molar-refractivity contribution in [2.75, 3.05) is 49.6 Å². The number of amides is 1. The Hall–Kier alpha value is -4.15. The maximum atomic E-state index is 13.9. The van der Waals surface area contributed by atoms with Gasteiger partial charge in [0.05, 0.1) is 17.6 Å². The van der Waals surface area contributed by atoms with Crippen LogP contribution in [0.25, 0.3) is 11.7 Å². The van der Waals surface area contributed by atoms with E-state index in [1.54, 1.807) is 28.7 Å². The van der Waals surface area contributed by atoms with E-state index in [1.165, 1.54) is 11.8 Å². The highest BCUT2D eigenvalue weighted by Crippen LogP contribution is 2.34. The third-order valence-electron chi connectivity index (χ3n) is 7.70. The van der Waals surface area contributed by atoms with Crippen LogP contribution in [0.2, 0.25) is 0 Å². The van der Waals surface area contributed by atoms with Crippen LogP contribution in [-0.4, -0.2) is 64.3 Å². The number of benzene rings is 2. The maximum absolute atomic E-state index is 13.9. The van der Waals surface area contributed by atoms with Gasteiger partial charge in [-0.2, -0.15) is 0 Å². The number of fused-ring (bicyclic) bond motifs is 1. The monoisotopic (exact) mass is 597 g/mol. The third kappa shape index (κ3) is 5.52. The second-order valence-electron chi connectivity index (χ2n) is 10.3. The Labute approximate surface area is 254 Å². The number of rotatable bonds is 7. The molecule has 6 rings (SSSR count). The molecule has 0 unspecified atom stereocenters. The lowest BCUT2D eigenvalue weighted by molar-refractivity contribution is -0.122. The van der Waals surface area contributed by atoms with Gasteiger partial charge in [0.15, 0.2) is 0 Å². The third-order valence-corrected chi connectivity index (χ3v) is 9.07. The number of thioether (sulfide) groups is 1. The molecule has 0 aliphatic carbocycles. The maximum Gasteiger partial charge on any atom is 0.267 e. The first-order valence-corrected chi connectivity index (χ1v) is 15.1. The molecule has 4 heterocycles. The van der Waals surface area contributed by atoms with Crippen LogP contribution in [0.3, 0.4) is 0 Å². The topological polar surface area (TPSA) is 70.4 Å². The van der Waals surface area contributed by atoms with E-state index in [4.69, 9.17) is 21.9 Å². The molecule has 0 atom stereocenters. The van der Waals surface area contributed by atoms with Crippen LogP contribution >= 0.6 is 24.0 Å². The SMILES string of the molecule is COc1ccc(N2CCN(c3nc4c(C)cccn4c(=O)c3C=C3SC(=S)N(CCc4ccccc4)C3=O)CC2)cc1. The summed E-state index contributed by atoms with van der Waals surface area (Å²) in [5.41, 5.74) is 3.98. The van der Waals surface area contributed by atoms with E-state index in [0.717, 1.165) is 35.7 Å². The van der Waals surface area contributed by atoms with Crippen LogP contribution in [0.4, 0.5) is 11.5 Å². The van der Waals surface area contributed by atoms with Gasteiger partial charge in [0.25, 0.3) is 11.5 Å². The predicted octanol–water partition coefficient (Wildman–Crippen LogP) is 4.78. The van der Waals surface area contributed by atoms with Crippen molar-refractivity contribution in [3.63, 3.8) is 0 Å². The van der Waals surface area contributed by atoms with Crippen molar-refractivity contribution in [2.45, 2.75) is 13.3 Å². The molecule has 0 radical (unpaired) electrons. The summed E-state index contributed by atoms with van der Waals surface area (Å²) in [7, 11) is 1.66. The van der Waals surface area contributed by atoms with Crippen LogP contribution < -0.4 is 20.1 Å². The summed E-state index contributed by atoms with van der Waals surface area (Å²) in [5, 5.41) is 0. The number of nitrogens with zero attached hydrogens (tertiary/aromatic N) is 5. The van der Waals surface area contributed by atoms with E-state index in [2.05, 4.69) is 21.9 Å². The Morgan fingerprint density at radius 3 is 2.38 bits per heavy atom. The van der Waals surface area contributed by atoms with Gasteiger partial charge in [-0.3, -0.25) is 18.9 Å². The average Bonchev–Trinajstić information content (AvgIpc) is 3.29. The van der Waals surface area contributed by atoms with Crippen molar-refractivity contribution in [3.05, 3.63) is 105 Å². The molecule has 0 bridgehead atoms. The van der Waals surface area contributed by atoms with Crippen LogP contribution in [-0.2, 0) is 11.2 Å². The fourth-order valence-corrected chi connectivity index (χ4v) is 6.64. The Bertz CT molecular complexity index is 1730. The minimum Gasteiger partial charge on any atom is -0.497 e. The molecule has 42 heavy (non-hydrogen) atoms. The zero-order valence-corrected chi connectivity index (χ0v) is 25.2. The summed E-state index contributed by atoms with van der Waals surface area (Å²) >= 11 is 6.83. The van der Waals surface area contributed by atoms with Gasteiger partial charge in [-0.25, -0.2) is 4.98 Å². The number of aryl methyl sites for hydroxylation is 1. The molecule has 8 nitrogen and oxygen atoms in total. The second-order valence-corrected chi connectivity index (χ2v) is 12.0. The summed E-state index contributed by atoms with van der Waals surface area (Å²) in [6.45, 7) is 5.33. The largest absolute Gasteiger partial charge is 0.497 e. The van der Waals surface area contributed by atoms with Gasteiger partial charge >= 0.3 is 0 Å². The minimum atomic E-state index is -0.203. The normalized spacial score (nSPS) is 16.6. The molecule has 2 aromatic carbocycles. The summed E-state index contributed by atoms with van der Waals surface area (Å²) in [6.07, 6.45) is 4.12. The lowest BCUT2D eigenvalue weighted by Gasteiger charge is -2.37. The number of methoxy groups -OCH3 is 1. The molecule has 0 N–H and O–H groups in total. The van der Waals surface area contributed by atoms with Crippen LogP contribution in [0.5, 0.6) is 5.75 Å². The Kier molecular flexibility index (Phi) is 7.99. The molecular weight excluding hydrogens is 567 g/mol. The van der Waals surface area contributed by atoms with Crippen molar-refractivity contribution >= 4 is 57.4 Å². The quantitative estimate of drug-likeness (QED) is 0.223. The number of thiocarbonyl (C=S) groups is 1. The molecular formula is C32H31N5O3S2. The first kappa shape index (κ1) is 28.0. The Balaban J connectivity index is 1.30. The van der Waals surface area contributed by atoms with E-state index in [1.807, 2.05) is 61.5 Å². The van der Waals surface area contributed by atoms with E-state index in [-0.39, 0.29) is 11.5 Å². The fraction of sp³-hybridized carbons (Fsp3) is 0.250. The van der Waals surface area contributed by atoms with Crippen LogP contribution in [0.1, 0.15) is 16.7 Å². The molecule has 0 saturated carbocycles. The van der Waals surface area contributed by atoms with E-state index >= 15 is 0 Å². The number of anilines is 2. The van der Waals surface area contributed by atoms with Crippen molar-refractivity contribution in [2.24, 2.45) is 0 Å². The van der Waals surface area contributed by atoms with Gasteiger partial charge in [-0.05, 0) is 60.9 Å². The first-order chi connectivity index (χ1) is 20.4. The van der Waals surface area contributed by atoms with Crippen molar-refractivity contribution in [1.82, 2.24) is 14.3 Å². The van der Waals surface area contributed by atoms with Gasteiger partial charge < -0.3 is 14.5 Å². The van der Waals surface area contributed by atoms with Gasteiger partial charge in [0, 0.05) is 44.6 Å². The van der Waals surface area contributed by atoms with Crippen LogP contribution in [0.15, 0.2) is 82.6 Å². The van der Waals surface area contributed by atoms with Crippen molar-refractivity contribution < 1.29 is 9.53 Å². The lowest BCUT2D eigenvalue weighted by atomic mass is 10.1. The zero-order chi connectivity index (χ0) is 29.2. The molecule has 10 heteroatoms. The molecule has 4 aromatic rings. The van der Waals surface area contributed by atoms with Gasteiger partial charge in [0.1, 0.15) is 21.5 Å². The number of hydrogen-bond donors (Lipinski definition) is 0. The first-order valence-electron chi connectivity index (χ1n) is 13.9.